The van der Waals surface area contributed by atoms with E-state index in [9.17, 15) is 0 Å². The number of nitrogens with zero attached hydrogens (tertiary/aromatic N) is 2. The van der Waals surface area contributed by atoms with E-state index in [-0.39, 0.29) is 12.4 Å². The van der Waals surface area contributed by atoms with Crippen molar-refractivity contribution in [3.63, 3.8) is 0 Å². The van der Waals surface area contributed by atoms with Crippen LogP contribution >= 0.6 is 12.4 Å². The molecule has 0 unspecified atom stereocenters. The molecule has 3 heteroatoms. The number of aromatic nitrogens is 2. The lowest BCUT2D eigenvalue weighted by molar-refractivity contribution is 0.522. The van der Waals surface area contributed by atoms with Crippen LogP contribution in [0.2, 0.25) is 0 Å². The van der Waals surface area contributed by atoms with Crippen LogP contribution in [0.4, 0.5) is 0 Å². The molecule has 0 spiro atoms. The topological polar surface area (TPSA) is 17.8 Å². The summed E-state index contributed by atoms with van der Waals surface area (Å²) in [6.07, 6.45) is 24.0. The molecule has 0 fully saturated rings. The zero-order chi connectivity index (χ0) is 15.9. The van der Waals surface area contributed by atoms with E-state index in [1.165, 1.54) is 89.9 Å². The molecule has 1 heterocycles. The first kappa shape index (κ1) is 22.5. The standard InChI is InChI=1S/C20H38N2.ClH/c1-3-4-5-6-7-8-9-10-11-12-13-14-15-16-18-22-19-17-21-20(22)2;/h17,19H,3-16,18H2,1-2H3;1H. The molecule has 2 nitrogen and oxygen atoms in total. The molecular formula is C20H39ClN2. The third kappa shape index (κ3) is 12.6. The Kier molecular flexibility index (Phi) is 16.0. The summed E-state index contributed by atoms with van der Waals surface area (Å²) < 4.78 is 2.26. The Morgan fingerprint density at radius 3 is 1.57 bits per heavy atom. The molecule has 0 aliphatic carbocycles. The molecule has 1 aromatic rings. The van der Waals surface area contributed by atoms with Gasteiger partial charge in [-0.15, -0.1) is 12.4 Å². The molecule has 0 saturated carbocycles. The maximum atomic E-state index is 4.26. The molecule has 1 aromatic heterocycles. The van der Waals surface area contributed by atoms with Crippen molar-refractivity contribution in [1.82, 2.24) is 9.55 Å². The van der Waals surface area contributed by atoms with E-state index in [2.05, 4.69) is 29.6 Å². The molecular weight excluding hydrogens is 304 g/mol. The number of unbranched alkanes of at least 4 members (excludes halogenated alkanes) is 13. The van der Waals surface area contributed by atoms with Crippen LogP contribution in [0.25, 0.3) is 0 Å². The van der Waals surface area contributed by atoms with Crippen molar-refractivity contribution in [1.29, 1.82) is 0 Å². The summed E-state index contributed by atoms with van der Waals surface area (Å²) in [6.45, 7) is 5.52. The average molecular weight is 343 g/mol. The van der Waals surface area contributed by atoms with Crippen molar-refractivity contribution >= 4 is 12.4 Å². The van der Waals surface area contributed by atoms with Gasteiger partial charge in [0.15, 0.2) is 0 Å². The summed E-state index contributed by atoms with van der Waals surface area (Å²) in [7, 11) is 0. The summed E-state index contributed by atoms with van der Waals surface area (Å²) in [5.41, 5.74) is 0. The minimum Gasteiger partial charge on any atom is -0.335 e. The minimum absolute atomic E-state index is 0. The quantitative estimate of drug-likeness (QED) is 0.311. The van der Waals surface area contributed by atoms with Gasteiger partial charge >= 0.3 is 0 Å². The fourth-order valence-electron chi connectivity index (χ4n) is 3.12. The zero-order valence-electron chi connectivity index (χ0n) is 15.6. The Labute approximate surface area is 150 Å². The third-order valence-electron chi connectivity index (χ3n) is 4.68. The van der Waals surface area contributed by atoms with Crippen molar-refractivity contribution < 1.29 is 0 Å². The van der Waals surface area contributed by atoms with Crippen molar-refractivity contribution in [3.05, 3.63) is 18.2 Å². The molecule has 0 amide bonds. The maximum absolute atomic E-state index is 4.26. The van der Waals surface area contributed by atoms with Crippen LogP contribution in [-0.4, -0.2) is 9.55 Å². The average Bonchev–Trinajstić information content (AvgIpc) is 2.93. The first-order valence-corrected chi connectivity index (χ1v) is 9.82. The minimum atomic E-state index is 0. The molecule has 0 radical (unpaired) electrons. The van der Waals surface area contributed by atoms with E-state index in [0.29, 0.717) is 0 Å². The highest BCUT2D eigenvalue weighted by atomic mass is 35.5. The van der Waals surface area contributed by atoms with Gasteiger partial charge < -0.3 is 4.57 Å². The van der Waals surface area contributed by atoms with Crippen LogP contribution in [-0.2, 0) is 6.54 Å². The third-order valence-corrected chi connectivity index (χ3v) is 4.68. The molecule has 0 aliphatic rings. The van der Waals surface area contributed by atoms with Gasteiger partial charge in [0.2, 0.25) is 0 Å². The normalized spacial score (nSPS) is 10.7. The molecule has 1 rings (SSSR count). The van der Waals surface area contributed by atoms with E-state index in [1.807, 2.05) is 6.20 Å². The Hall–Kier alpha value is -0.500. The summed E-state index contributed by atoms with van der Waals surface area (Å²) in [5.74, 6) is 1.15. The molecule has 0 N–H and O–H groups in total. The number of aryl methyl sites for hydroxylation is 2. The highest BCUT2D eigenvalue weighted by Crippen LogP contribution is 2.13. The first-order chi connectivity index (χ1) is 10.8. The van der Waals surface area contributed by atoms with Gasteiger partial charge in [0.25, 0.3) is 0 Å². The van der Waals surface area contributed by atoms with Gasteiger partial charge in [-0.05, 0) is 13.3 Å². The molecule has 0 atom stereocenters. The smallest absolute Gasteiger partial charge is 0.105 e. The van der Waals surface area contributed by atoms with Crippen molar-refractivity contribution in [2.75, 3.05) is 0 Å². The Bertz CT molecular complexity index is 349. The second-order valence-corrected chi connectivity index (χ2v) is 6.76. The maximum Gasteiger partial charge on any atom is 0.105 e. The van der Waals surface area contributed by atoms with Gasteiger partial charge in [-0.2, -0.15) is 0 Å². The van der Waals surface area contributed by atoms with E-state index in [1.54, 1.807) is 0 Å². The van der Waals surface area contributed by atoms with Gasteiger partial charge in [-0.3, -0.25) is 0 Å². The Balaban J connectivity index is 0.00000484. The van der Waals surface area contributed by atoms with Crippen molar-refractivity contribution in [2.45, 2.75) is 110 Å². The van der Waals surface area contributed by atoms with E-state index < -0.39 is 0 Å². The highest BCUT2D eigenvalue weighted by molar-refractivity contribution is 5.85. The molecule has 0 bridgehead atoms. The molecule has 23 heavy (non-hydrogen) atoms. The van der Waals surface area contributed by atoms with Gasteiger partial charge in [-0.1, -0.05) is 90.4 Å². The van der Waals surface area contributed by atoms with Gasteiger partial charge in [0.05, 0.1) is 0 Å². The predicted molar refractivity (Wildman–Crippen MR) is 105 cm³/mol. The monoisotopic (exact) mass is 342 g/mol. The lowest BCUT2D eigenvalue weighted by Crippen LogP contribution is -1.98. The zero-order valence-corrected chi connectivity index (χ0v) is 16.4. The lowest BCUT2D eigenvalue weighted by atomic mass is 10.0. The van der Waals surface area contributed by atoms with Crippen LogP contribution in [0.5, 0.6) is 0 Å². The summed E-state index contributed by atoms with van der Waals surface area (Å²) in [5, 5.41) is 0. The lowest BCUT2D eigenvalue weighted by Gasteiger charge is -2.05. The predicted octanol–water partition coefficient (Wildman–Crippen LogP) is 7.09. The number of imidazole rings is 1. The number of rotatable bonds is 15. The van der Waals surface area contributed by atoms with Crippen LogP contribution in [0.15, 0.2) is 12.4 Å². The molecule has 0 aliphatic heterocycles. The van der Waals surface area contributed by atoms with Crippen LogP contribution < -0.4 is 0 Å². The van der Waals surface area contributed by atoms with Crippen molar-refractivity contribution in [3.8, 4) is 0 Å². The first-order valence-electron chi connectivity index (χ1n) is 9.82. The van der Waals surface area contributed by atoms with E-state index in [0.717, 1.165) is 12.4 Å². The number of hydrogen-bond acceptors (Lipinski definition) is 1. The summed E-state index contributed by atoms with van der Waals surface area (Å²) >= 11 is 0. The van der Waals surface area contributed by atoms with Crippen molar-refractivity contribution in [2.24, 2.45) is 0 Å². The second-order valence-electron chi connectivity index (χ2n) is 6.76. The number of halogens is 1. The van der Waals surface area contributed by atoms with E-state index in [4.69, 9.17) is 0 Å². The molecule has 0 aromatic carbocycles. The summed E-state index contributed by atoms with van der Waals surface area (Å²) in [6, 6.07) is 0. The Morgan fingerprint density at radius 1 is 0.739 bits per heavy atom. The van der Waals surface area contributed by atoms with E-state index >= 15 is 0 Å². The SMILES string of the molecule is CCCCCCCCCCCCCCCCn1ccnc1C.Cl. The van der Waals surface area contributed by atoms with Crippen LogP contribution in [0, 0.1) is 6.92 Å². The molecule has 136 valence electrons. The molecule has 0 saturated heterocycles. The highest BCUT2D eigenvalue weighted by Gasteiger charge is 1.97. The number of hydrogen-bond donors (Lipinski definition) is 0. The second kappa shape index (κ2) is 16.4. The summed E-state index contributed by atoms with van der Waals surface area (Å²) in [4.78, 5) is 4.26. The van der Waals surface area contributed by atoms with Gasteiger partial charge in [0, 0.05) is 18.9 Å². The van der Waals surface area contributed by atoms with Crippen LogP contribution in [0.3, 0.4) is 0 Å². The van der Waals surface area contributed by atoms with Crippen LogP contribution in [0.1, 0.15) is 103 Å². The largest absolute Gasteiger partial charge is 0.335 e. The van der Waals surface area contributed by atoms with Gasteiger partial charge in [-0.25, -0.2) is 4.98 Å². The van der Waals surface area contributed by atoms with Gasteiger partial charge in [0.1, 0.15) is 5.82 Å². The fourth-order valence-corrected chi connectivity index (χ4v) is 3.12. The Morgan fingerprint density at radius 2 is 1.17 bits per heavy atom. The fraction of sp³-hybridized carbons (Fsp3) is 0.850.